The summed E-state index contributed by atoms with van der Waals surface area (Å²) in [6.45, 7) is 1.95. The lowest BCUT2D eigenvalue weighted by Crippen LogP contribution is -2.44. The highest BCUT2D eigenvalue weighted by Gasteiger charge is 2.30. The number of anilines is 2. The minimum Gasteiger partial charge on any atom is -0.324 e. The third-order valence-electron chi connectivity index (χ3n) is 5.12. The van der Waals surface area contributed by atoms with E-state index < -0.39 is 0 Å². The molecule has 0 fully saturated rings. The average molecular weight is 424 g/mol. The van der Waals surface area contributed by atoms with Crippen molar-refractivity contribution in [2.24, 2.45) is 0 Å². The second-order valence-corrected chi connectivity index (χ2v) is 8.24. The maximum absolute atomic E-state index is 13.4. The van der Waals surface area contributed by atoms with Gasteiger partial charge in [0.2, 0.25) is 11.8 Å². The van der Waals surface area contributed by atoms with Gasteiger partial charge >= 0.3 is 0 Å². The highest BCUT2D eigenvalue weighted by Crippen LogP contribution is 2.32. The first-order valence-corrected chi connectivity index (χ1v) is 10.6. The Hall–Kier alpha value is -3.03. The minimum atomic E-state index is -0.299. The van der Waals surface area contributed by atoms with Gasteiger partial charge in [0, 0.05) is 17.3 Å². The van der Waals surface area contributed by atoms with Gasteiger partial charge in [0.1, 0.15) is 5.82 Å². The fourth-order valence-corrected chi connectivity index (χ4v) is 4.56. The molecule has 3 aromatic rings. The van der Waals surface area contributed by atoms with E-state index >= 15 is 0 Å². The van der Waals surface area contributed by atoms with Crippen molar-refractivity contribution in [3.05, 3.63) is 82.3 Å². The van der Waals surface area contributed by atoms with Crippen molar-refractivity contribution in [3.63, 3.8) is 0 Å². The van der Waals surface area contributed by atoms with Gasteiger partial charge in [0.15, 0.2) is 0 Å². The van der Waals surface area contributed by atoms with Gasteiger partial charge in [-0.25, -0.2) is 4.39 Å². The molecule has 0 unspecified atom stereocenters. The monoisotopic (exact) mass is 423 g/mol. The molecule has 1 aliphatic rings. The van der Waals surface area contributed by atoms with Gasteiger partial charge in [-0.15, -0.1) is 11.3 Å². The van der Waals surface area contributed by atoms with E-state index in [0.29, 0.717) is 11.4 Å². The lowest BCUT2D eigenvalue weighted by molar-refractivity contribution is -0.118. The average Bonchev–Trinajstić information content (AvgIpc) is 3.21. The summed E-state index contributed by atoms with van der Waals surface area (Å²) in [5.41, 5.74) is 2.21. The second kappa shape index (κ2) is 8.77. The molecule has 0 saturated carbocycles. The van der Waals surface area contributed by atoms with Crippen molar-refractivity contribution in [1.82, 2.24) is 5.32 Å². The Bertz CT molecular complexity index is 1040. The molecule has 2 heterocycles. The van der Waals surface area contributed by atoms with Crippen LogP contribution < -0.4 is 15.5 Å². The van der Waals surface area contributed by atoms with Crippen LogP contribution in [0.3, 0.4) is 0 Å². The number of fused-ring (bicyclic) bond motifs is 1. The molecular weight excluding hydrogens is 401 g/mol. The van der Waals surface area contributed by atoms with Crippen LogP contribution in [0.25, 0.3) is 0 Å². The van der Waals surface area contributed by atoms with Gasteiger partial charge in [-0.1, -0.05) is 30.3 Å². The van der Waals surface area contributed by atoms with E-state index in [0.717, 1.165) is 10.4 Å². The van der Waals surface area contributed by atoms with Crippen LogP contribution in [0.4, 0.5) is 15.8 Å². The molecule has 0 aliphatic carbocycles. The van der Waals surface area contributed by atoms with E-state index in [1.54, 1.807) is 34.4 Å². The number of para-hydroxylation sites is 2. The number of nitrogens with one attached hydrogen (secondary N) is 2. The van der Waals surface area contributed by atoms with E-state index in [4.69, 9.17) is 0 Å². The van der Waals surface area contributed by atoms with E-state index in [-0.39, 0.29) is 42.7 Å². The molecule has 2 amide bonds. The van der Waals surface area contributed by atoms with Gasteiger partial charge < -0.3 is 10.2 Å². The van der Waals surface area contributed by atoms with Crippen LogP contribution in [-0.4, -0.2) is 24.4 Å². The number of hydrogen-bond acceptors (Lipinski definition) is 4. The highest BCUT2D eigenvalue weighted by atomic mass is 32.1. The van der Waals surface area contributed by atoms with Gasteiger partial charge in [-0.05, 0) is 48.2 Å². The Morgan fingerprint density at radius 1 is 1.20 bits per heavy atom. The quantitative estimate of drug-likeness (QED) is 0.642. The number of amides is 2. The molecule has 2 atom stereocenters. The standard InChI is InChI=1S/C23H22FN3O2S/c1-15-13-21(28)26-18-5-2-3-6-19(18)27(15)22(29)14-25-23(20-7-4-12-30-20)16-8-10-17(24)11-9-16/h2-12,15,23,25H,13-14H2,1H3,(H,26,28)/t15-,23+/m0/s1. The zero-order valence-corrected chi connectivity index (χ0v) is 17.3. The summed E-state index contributed by atoms with van der Waals surface area (Å²) in [7, 11) is 0. The van der Waals surface area contributed by atoms with Crippen LogP contribution in [0.15, 0.2) is 66.0 Å². The smallest absolute Gasteiger partial charge is 0.241 e. The largest absolute Gasteiger partial charge is 0.324 e. The van der Waals surface area contributed by atoms with Gasteiger partial charge in [-0.2, -0.15) is 0 Å². The molecule has 5 nitrogen and oxygen atoms in total. The summed E-state index contributed by atoms with van der Waals surface area (Å²) in [5.74, 6) is -0.539. The van der Waals surface area contributed by atoms with Crippen LogP contribution in [0.1, 0.15) is 29.8 Å². The van der Waals surface area contributed by atoms with Crippen molar-refractivity contribution in [2.75, 3.05) is 16.8 Å². The number of halogens is 1. The molecule has 7 heteroatoms. The van der Waals surface area contributed by atoms with Crippen molar-refractivity contribution in [2.45, 2.75) is 25.4 Å². The van der Waals surface area contributed by atoms with Crippen molar-refractivity contribution in [1.29, 1.82) is 0 Å². The summed E-state index contributed by atoms with van der Waals surface area (Å²) in [6.07, 6.45) is 0.229. The molecule has 154 valence electrons. The van der Waals surface area contributed by atoms with Gasteiger partial charge in [-0.3, -0.25) is 14.9 Å². The first-order chi connectivity index (χ1) is 14.5. The highest BCUT2D eigenvalue weighted by molar-refractivity contribution is 7.10. The Balaban J connectivity index is 1.57. The summed E-state index contributed by atoms with van der Waals surface area (Å²) >= 11 is 1.57. The predicted molar refractivity (Wildman–Crippen MR) is 117 cm³/mol. The lowest BCUT2D eigenvalue weighted by atomic mass is 10.1. The van der Waals surface area contributed by atoms with Crippen molar-refractivity contribution < 1.29 is 14.0 Å². The number of benzene rings is 2. The fourth-order valence-electron chi connectivity index (χ4n) is 3.74. The van der Waals surface area contributed by atoms with E-state index in [2.05, 4.69) is 10.6 Å². The first kappa shape index (κ1) is 20.3. The third-order valence-corrected chi connectivity index (χ3v) is 6.05. The van der Waals surface area contributed by atoms with Crippen LogP contribution in [-0.2, 0) is 9.59 Å². The Kier molecular flexibility index (Phi) is 5.92. The van der Waals surface area contributed by atoms with E-state index in [9.17, 15) is 14.0 Å². The molecule has 1 aliphatic heterocycles. The van der Waals surface area contributed by atoms with Crippen LogP contribution in [0, 0.1) is 5.82 Å². The zero-order chi connectivity index (χ0) is 21.1. The predicted octanol–water partition coefficient (Wildman–Crippen LogP) is 4.33. The Labute approximate surface area is 178 Å². The van der Waals surface area contributed by atoms with Crippen LogP contribution >= 0.6 is 11.3 Å². The number of thiophene rings is 1. The van der Waals surface area contributed by atoms with Crippen LogP contribution in [0.5, 0.6) is 0 Å². The molecule has 0 saturated heterocycles. The molecule has 4 rings (SSSR count). The molecule has 0 bridgehead atoms. The van der Waals surface area contributed by atoms with Crippen LogP contribution in [0.2, 0.25) is 0 Å². The topological polar surface area (TPSA) is 61.4 Å². The minimum absolute atomic E-state index is 0.0762. The first-order valence-electron chi connectivity index (χ1n) is 9.76. The molecule has 0 spiro atoms. The Morgan fingerprint density at radius 2 is 1.97 bits per heavy atom. The molecule has 2 aromatic carbocycles. The van der Waals surface area contributed by atoms with E-state index in [1.165, 1.54) is 12.1 Å². The number of carbonyl (C=O) groups excluding carboxylic acids is 2. The SMILES string of the molecule is C[C@H]1CC(=O)Nc2ccccc2N1C(=O)CN[C@H](c1ccc(F)cc1)c1cccs1. The van der Waals surface area contributed by atoms with Crippen molar-refractivity contribution >= 4 is 34.5 Å². The second-order valence-electron chi connectivity index (χ2n) is 7.26. The molecule has 2 N–H and O–H groups in total. The van der Waals surface area contributed by atoms with Gasteiger partial charge in [0.25, 0.3) is 0 Å². The normalized spacial score (nSPS) is 17.1. The molecular formula is C23H22FN3O2S. The maximum Gasteiger partial charge on any atom is 0.241 e. The summed E-state index contributed by atoms with van der Waals surface area (Å²) in [4.78, 5) is 28.1. The number of rotatable bonds is 5. The number of nitrogens with zero attached hydrogens (tertiary/aromatic N) is 1. The summed E-state index contributed by atoms with van der Waals surface area (Å²) in [5, 5.41) is 8.17. The molecule has 0 radical (unpaired) electrons. The molecule has 1 aromatic heterocycles. The zero-order valence-electron chi connectivity index (χ0n) is 16.5. The maximum atomic E-state index is 13.4. The number of carbonyl (C=O) groups is 2. The van der Waals surface area contributed by atoms with Gasteiger partial charge in [0.05, 0.1) is 24.0 Å². The van der Waals surface area contributed by atoms with E-state index in [1.807, 2.05) is 42.6 Å². The fraction of sp³-hybridized carbons (Fsp3) is 0.217. The van der Waals surface area contributed by atoms with Crippen molar-refractivity contribution in [3.8, 4) is 0 Å². The lowest BCUT2D eigenvalue weighted by Gasteiger charge is -2.29. The summed E-state index contributed by atoms with van der Waals surface area (Å²) in [6, 6.07) is 17.0. The summed E-state index contributed by atoms with van der Waals surface area (Å²) < 4.78 is 13.4. The molecule has 30 heavy (non-hydrogen) atoms. The third kappa shape index (κ3) is 4.27. The number of hydrogen-bond donors (Lipinski definition) is 2. The Morgan fingerprint density at radius 3 is 2.70 bits per heavy atom.